The van der Waals surface area contributed by atoms with Crippen LogP contribution in [0.15, 0.2) is 17.5 Å². The van der Waals surface area contributed by atoms with Crippen molar-refractivity contribution in [2.24, 2.45) is 5.73 Å². The molecule has 0 aliphatic rings. The molecule has 0 amide bonds. The highest BCUT2D eigenvalue weighted by atomic mass is 32.1. The predicted molar refractivity (Wildman–Crippen MR) is 49.0 cm³/mol. The molecule has 0 bridgehead atoms. The first-order valence-electron chi connectivity index (χ1n) is 3.62. The lowest BCUT2D eigenvalue weighted by molar-refractivity contribution is -0.577. The predicted octanol–water partition coefficient (Wildman–Crippen LogP) is 0.997. The van der Waals surface area contributed by atoms with E-state index in [1.165, 1.54) is 18.4 Å². The summed E-state index contributed by atoms with van der Waals surface area (Å²) in [5.41, 5.74) is 5.64. The Balaban J connectivity index is 2.76. The number of nitro groups is 1. The Kier molecular flexibility index (Phi) is 3.35. The second kappa shape index (κ2) is 4.31. The first-order valence-corrected chi connectivity index (χ1v) is 4.50. The summed E-state index contributed by atoms with van der Waals surface area (Å²) in [5.74, 6) is 0. The van der Waals surface area contributed by atoms with E-state index >= 15 is 0 Å². The van der Waals surface area contributed by atoms with E-state index in [2.05, 4.69) is 4.74 Å². The van der Waals surface area contributed by atoms with Gasteiger partial charge in [0.1, 0.15) is 6.04 Å². The zero-order valence-corrected chi connectivity index (χ0v) is 7.86. The van der Waals surface area contributed by atoms with Crippen molar-refractivity contribution in [3.05, 3.63) is 32.5 Å². The quantitative estimate of drug-likeness (QED) is 0.448. The average molecular weight is 202 g/mol. The SMILES string of the molecule is COC(C(N)c1cccs1)[N+](=O)[O-]. The molecule has 0 saturated carbocycles. The summed E-state index contributed by atoms with van der Waals surface area (Å²) in [6, 6.07) is 2.86. The molecule has 1 aromatic rings. The molecule has 1 heterocycles. The minimum absolute atomic E-state index is 0.523. The lowest BCUT2D eigenvalue weighted by atomic mass is 10.2. The fraction of sp³-hybridized carbons (Fsp3) is 0.429. The zero-order valence-electron chi connectivity index (χ0n) is 7.04. The molecular formula is C7H10N2O3S. The standard InChI is InChI=1S/C7H10N2O3S/c1-12-7(9(10)11)6(8)5-3-2-4-13-5/h2-4,6-7H,8H2,1H3. The van der Waals surface area contributed by atoms with E-state index in [-0.39, 0.29) is 0 Å². The third-order valence-electron chi connectivity index (χ3n) is 1.63. The van der Waals surface area contributed by atoms with Gasteiger partial charge in [-0.05, 0) is 11.4 Å². The third kappa shape index (κ3) is 2.24. The molecule has 0 spiro atoms. The maximum atomic E-state index is 10.5. The van der Waals surface area contributed by atoms with Gasteiger partial charge in [-0.3, -0.25) is 10.1 Å². The van der Waals surface area contributed by atoms with Crippen molar-refractivity contribution in [1.29, 1.82) is 0 Å². The summed E-state index contributed by atoms with van der Waals surface area (Å²) in [6.07, 6.45) is -1.17. The van der Waals surface area contributed by atoms with Crippen molar-refractivity contribution in [2.75, 3.05) is 7.11 Å². The van der Waals surface area contributed by atoms with Crippen LogP contribution in [0.2, 0.25) is 0 Å². The monoisotopic (exact) mass is 202 g/mol. The number of nitrogens with zero attached hydrogens (tertiary/aromatic N) is 1. The molecule has 1 aromatic heterocycles. The maximum absolute atomic E-state index is 10.5. The van der Waals surface area contributed by atoms with Gasteiger partial charge in [0.2, 0.25) is 0 Å². The van der Waals surface area contributed by atoms with Gasteiger partial charge in [0.15, 0.2) is 0 Å². The van der Waals surface area contributed by atoms with Crippen LogP contribution >= 0.6 is 11.3 Å². The molecule has 2 N–H and O–H groups in total. The highest BCUT2D eigenvalue weighted by Crippen LogP contribution is 2.21. The summed E-state index contributed by atoms with van der Waals surface area (Å²) >= 11 is 1.38. The second-order valence-electron chi connectivity index (χ2n) is 2.45. The van der Waals surface area contributed by atoms with Crippen LogP contribution in [0.3, 0.4) is 0 Å². The molecule has 2 unspecified atom stereocenters. The molecule has 1 rings (SSSR count). The van der Waals surface area contributed by atoms with Gasteiger partial charge in [-0.1, -0.05) is 6.07 Å². The van der Waals surface area contributed by atoms with E-state index in [4.69, 9.17) is 5.73 Å². The molecular weight excluding hydrogens is 192 g/mol. The minimum atomic E-state index is -1.17. The number of hydrogen-bond donors (Lipinski definition) is 1. The van der Waals surface area contributed by atoms with Crippen LogP contribution in [-0.4, -0.2) is 18.3 Å². The van der Waals surface area contributed by atoms with Crippen molar-refractivity contribution < 1.29 is 9.66 Å². The molecule has 6 heteroatoms. The molecule has 72 valence electrons. The van der Waals surface area contributed by atoms with E-state index in [0.29, 0.717) is 0 Å². The van der Waals surface area contributed by atoms with Gasteiger partial charge >= 0.3 is 6.23 Å². The molecule has 0 radical (unpaired) electrons. The van der Waals surface area contributed by atoms with Crippen LogP contribution in [0.25, 0.3) is 0 Å². The lowest BCUT2D eigenvalue weighted by Gasteiger charge is -2.13. The van der Waals surface area contributed by atoms with Crippen LogP contribution in [-0.2, 0) is 4.74 Å². The summed E-state index contributed by atoms with van der Waals surface area (Å²) in [6.45, 7) is 0. The first-order chi connectivity index (χ1) is 6.16. The molecule has 0 saturated heterocycles. The normalized spacial score (nSPS) is 15.2. The van der Waals surface area contributed by atoms with Crippen molar-refractivity contribution in [2.45, 2.75) is 12.3 Å². The smallest absolute Gasteiger partial charge is 0.319 e. The van der Waals surface area contributed by atoms with Gasteiger partial charge in [-0.2, -0.15) is 0 Å². The molecule has 0 aliphatic carbocycles. The first kappa shape index (κ1) is 10.1. The summed E-state index contributed by atoms with van der Waals surface area (Å²) in [4.78, 5) is 10.7. The number of thiophene rings is 1. The molecule has 2 atom stereocenters. The lowest BCUT2D eigenvalue weighted by Crippen LogP contribution is -2.34. The van der Waals surface area contributed by atoms with Crippen molar-refractivity contribution in [3.63, 3.8) is 0 Å². The molecule has 13 heavy (non-hydrogen) atoms. The maximum Gasteiger partial charge on any atom is 0.335 e. The largest absolute Gasteiger partial charge is 0.335 e. The van der Waals surface area contributed by atoms with Gasteiger partial charge in [0, 0.05) is 12.0 Å². The van der Waals surface area contributed by atoms with Crippen molar-refractivity contribution in [3.8, 4) is 0 Å². The Labute approximate surface area is 79.3 Å². The van der Waals surface area contributed by atoms with Gasteiger partial charge in [-0.15, -0.1) is 11.3 Å². The van der Waals surface area contributed by atoms with Crippen LogP contribution in [0, 0.1) is 10.1 Å². The number of rotatable bonds is 4. The number of nitrogens with two attached hydrogens (primary N) is 1. The van der Waals surface area contributed by atoms with E-state index in [0.717, 1.165) is 4.88 Å². The zero-order chi connectivity index (χ0) is 9.84. The fourth-order valence-corrected chi connectivity index (χ4v) is 1.73. The van der Waals surface area contributed by atoms with Gasteiger partial charge in [0.05, 0.1) is 4.92 Å². The van der Waals surface area contributed by atoms with Crippen LogP contribution in [0.1, 0.15) is 10.9 Å². The Morgan fingerprint density at radius 2 is 2.46 bits per heavy atom. The van der Waals surface area contributed by atoms with Crippen molar-refractivity contribution >= 4 is 11.3 Å². The minimum Gasteiger partial charge on any atom is -0.319 e. The topological polar surface area (TPSA) is 78.4 Å². The summed E-state index contributed by atoms with van der Waals surface area (Å²) < 4.78 is 4.68. The van der Waals surface area contributed by atoms with E-state index in [1.54, 1.807) is 12.1 Å². The Bertz CT molecular complexity index is 275. The fourth-order valence-electron chi connectivity index (χ4n) is 0.985. The highest BCUT2D eigenvalue weighted by molar-refractivity contribution is 7.10. The van der Waals surface area contributed by atoms with E-state index in [9.17, 15) is 10.1 Å². The Hall–Kier alpha value is -0.980. The third-order valence-corrected chi connectivity index (χ3v) is 2.60. The van der Waals surface area contributed by atoms with Crippen LogP contribution in [0.4, 0.5) is 0 Å². The van der Waals surface area contributed by atoms with E-state index in [1.807, 2.05) is 5.38 Å². The highest BCUT2D eigenvalue weighted by Gasteiger charge is 2.29. The van der Waals surface area contributed by atoms with Gasteiger partial charge in [0.25, 0.3) is 0 Å². The Morgan fingerprint density at radius 3 is 2.85 bits per heavy atom. The summed E-state index contributed by atoms with van der Waals surface area (Å²) in [5, 5.41) is 12.3. The second-order valence-corrected chi connectivity index (χ2v) is 3.43. The number of hydrogen-bond acceptors (Lipinski definition) is 5. The van der Waals surface area contributed by atoms with Gasteiger partial charge in [-0.25, -0.2) is 0 Å². The van der Waals surface area contributed by atoms with Gasteiger partial charge < -0.3 is 10.5 Å². The number of methoxy groups -OCH3 is 1. The molecule has 0 aliphatic heterocycles. The molecule has 5 nitrogen and oxygen atoms in total. The summed E-state index contributed by atoms with van der Waals surface area (Å²) in [7, 11) is 1.28. The van der Waals surface area contributed by atoms with Crippen molar-refractivity contribution in [1.82, 2.24) is 0 Å². The average Bonchev–Trinajstić information content (AvgIpc) is 2.56. The van der Waals surface area contributed by atoms with E-state index < -0.39 is 17.2 Å². The molecule has 0 aromatic carbocycles. The van der Waals surface area contributed by atoms with Crippen LogP contribution in [0.5, 0.6) is 0 Å². The van der Waals surface area contributed by atoms with Crippen LogP contribution < -0.4 is 5.73 Å². The number of ether oxygens (including phenoxy) is 1. The molecule has 0 fully saturated rings. The Morgan fingerprint density at radius 1 is 1.77 bits per heavy atom.